The van der Waals surface area contributed by atoms with Crippen LogP contribution in [0, 0.1) is 12.8 Å². The second kappa shape index (κ2) is 12.5. The van der Waals surface area contributed by atoms with Gasteiger partial charge in [0.2, 0.25) is 11.8 Å². The molecule has 0 spiro atoms. The van der Waals surface area contributed by atoms with E-state index in [2.05, 4.69) is 15.5 Å². The fourth-order valence-corrected chi connectivity index (χ4v) is 4.41. The summed E-state index contributed by atoms with van der Waals surface area (Å²) in [5.74, 6) is -0.234. The van der Waals surface area contributed by atoms with Crippen molar-refractivity contribution in [1.82, 2.24) is 10.2 Å². The van der Waals surface area contributed by atoms with Gasteiger partial charge in [0.25, 0.3) is 5.91 Å². The van der Waals surface area contributed by atoms with Gasteiger partial charge in [0.1, 0.15) is 5.75 Å². The van der Waals surface area contributed by atoms with Crippen molar-refractivity contribution in [2.24, 2.45) is 5.92 Å². The first kappa shape index (κ1) is 25.7. The van der Waals surface area contributed by atoms with E-state index in [-0.39, 0.29) is 36.7 Å². The Morgan fingerprint density at radius 2 is 1.89 bits per heavy atom. The lowest BCUT2D eigenvalue weighted by atomic mass is 10.1. The molecule has 0 saturated carbocycles. The van der Waals surface area contributed by atoms with Crippen LogP contribution in [0.25, 0.3) is 0 Å². The average molecular weight is 495 g/mol. The molecule has 3 amide bonds. The number of nitrogens with zero attached hydrogens (tertiary/aromatic N) is 2. The summed E-state index contributed by atoms with van der Waals surface area (Å²) in [5, 5.41) is 5.78. The zero-order valence-electron chi connectivity index (χ0n) is 20.7. The predicted octanol–water partition coefficient (Wildman–Crippen LogP) is 2.20. The van der Waals surface area contributed by atoms with Gasteiger partial charge in [-0.25, -0.2) is 0 Å². The molecule has 192 valence electrons. The van der Waals surface area contributed by atoms with Gasteiger partial charge in [-0.2, -0.15) is 0 Å². The Bertz CT molecular complexity index is 1050. The summed E-state index contributed by atoms with van der Waals surface area (Å²) in [4.78, 5) is 41.3. The SMILES string of the molecule is Cc1cccc(NC(=O)COc2ccc(N3C[C@H](C(=O)NCCCN4CCOCC4)CC3=O)cc2)c1. The molecule has 0 unspecified atom stereocenters. The van der Waals surface area contributed by atoms with Crippen LogP contribution in [0.1, 0.15) is 18.4 Å². The van der Waals surface area contributed by atoms with Crippen LogP contribution in [-0.2, 0) is 19.1 Å². The summed E-state index contributed by atoms with van der Waals surface area (Å²) in [6, 6.07) is 14.5. The van der Waals surface area contributed by atoms with Crippen LogP contribution in [-0.4, -0.2) is 75.2 Å². The molecule has 2 aromatic rings. The summed E-state index contributed by atoms with van der Waals surface area (Å²) in [6.07, 6.45) is 1.08. The molecule has 2 N–H and O–H groups in total. The van der Waals surface area contributed by atoms with Gasteiger partial charge in [0.05, 0.1) is 19.1 Å². The van der Waals surface area contributed by atoms with Crippen molar-refractivity contribution < 1.29 is 23.9 Å². The minimum Gasteiger partial charge on any atom is -0.484 e. The lowest BCUT2D eigenvalue weighted by Gasteiger charge is -2.26. The zero-order chi connectivity index (χ0) is 25.3. The molecule has 0 aliphatic carbocycles. The Kier molecular flexibility index (Phi) is 8.91. The van der Waals surface area contributed by atoms with E-state index in [4.69, 9.17) is 9.47 Å². The van der Waals surface area contributed by atoms with E-state index in [1.54, 1.807) is 29.2 Å². The molecule has 2 aliphatic rings. The molecule has 2 aliphatic heterocycles. The number of ether oxygens (including phenoxy) is 2. The third kappa shape index (κ3) is 7.29. The minimum atomic E-state index is -0.359. The van der Waals surface area contributed by atoms with Crippen molar-refractivity contribution in [1.29, 1.82) is 0 Å². The molecular weight excluding hydrogens is 460 g/mol. The fraction of sp³-hybridized carbons (Fsp3) is 0.444. The van der Waals surface area contributed by atoms with E-state index in [0.29, 0.717) is 24.5 Å². The normalized spacial score (nSPS) is 18.2. The standard InChI is InChI=1S/C27H34N4O5/c1-20-4-2-5-22(16-20)29-25(32)19-36-24-8-6-23(7-9-24)31-18-21(17-26(31)33)27(34)28-10-3-11-30-12-14-35-15-13-30/h2,4-9,16,21H,3,10-15,17-19H2,1H3,(H,28,34)(H,29,32)/t21-/m1/s1. The number of benzene rings is 2. The Balaban J connectivity index is 1.19. The maximum Gasteiger partial charge on any atom is 0.262 e. The highest BCUT2D eigenvalue weighted by Gasteiger charge is 2.35. The van der Waals surface area contributed by atoms with Crippen molar-refractivity contribution in [2.45, 2.75) is 19.8 Å². The molecule has 9 heteroatoms. The topological polar surface area (TPSA) is 100 Å². The molecule has 2 aromatic carbocycles. The molecule has 9 nitrogen and oxygen atoms in total. The molecule has 0 radical (unpaired) electrons. The third-order valence-corrected chi connectivity index (χ3v) is 6.37. The van der Waals surface area contributed by atoms with Crippen LogP contribution in [0.5, 0.6) is 5.75 Å². The van der Waals surface area contributed by atoms with Crippen molar-refractivity contribution in [2.75, 3.05) is 62.8 Å². The summed E-state index contributed by atoms with van der Waals surface area (Å²) in [7, 11) is 0. The fourth-order valence-electron chi connectivity index (χ4n) is 4.41. The number of aryl methyl sites for hydroxylation is 1. The Hall–Kier alpha value is -3.43. The number of nitrogens with one attached hydrogen (secondary N) is 2. The van der Waals surface area contributed by atoms with Crippen molar-refractivity contribution in [3.63, 3.8) is 0 Å². The van der Waals surface area contributed by atoms with Crippen LogP contribution in [0.4, 0.5) is 11.4 Å². The molecule has 0 bridgehead atoms. The van der Waals surface area contributed by atoms with E-state index in [9.17, 15) is 14.4 Å². The number of carbonyl (C=O) groups excluding carboxylic acids is 3. The van der Waals surface area contributed by atoms with Crippen molar-refractivity contribution in [3.8, 4) is 5.75 Å². The summed E-state index contributed by atoms with van der Waals surface area (Å²) < 4.78 is 10.9. The highest BCUT2D eigenvalue weighted by atomic mass is 16.5. The lowest BCUT2D eigenvalue weighted by molar-refractivity contribution is -0.126. The molecule has 2 heterocycles. The van der Waals surface area contributed by atoms with Crippen LogP contribution in [0.3, 0.4) is 0 Å². The number of hydrogen-bond acceptors (Lipinski definition) is 6. The maximum absolute atomic E-state index is 12.6. The van der Waals surface area contributed by atoms with E-state index < -0.39 is 0 Å². The Morgan fingerprint density at radius 1 is 1.11 bits per heavy atom. The smallest absolute Gasteiger partial charge is 0.262 e. The molecule has 4 rings (SSSR count). The van der Waals surface area contributed by atoms with E-state index >= 15 is 0 Å². The third-order valence-electron chi connectivity index (χ3n) is 6.37. The van der Waals surface area contributed by atoms with Gasteiger partial charge < -0.3 is 25.0 Å². The second-order valence-electron chi connectivity index (χ2n) is 9.20. The number of anilines is 2. The minimum absolute atomic E-state index is 0.0744. The summed E-state index contributed by atoms with van der Waals surface area (Å²) >= 11 is 0. The van der Waals surface area contributed by atoms with Crippen LogP contribution in [0.15, 0.2) is 48.5 Å². The monoisotopic (exact) mass is 494 g/mol. The summed E-state index contributed by atoms with van der Waals surface area (Å²) in [6.45, 7) is 7.13. The number of carbonyl (C=O) groups is 3. The Labute approximate surface area is 211 Å². The van der Waals surface area contributed by atoms with E-state index in [0.717, 1.165) is 50.5 Å². The second-order valence-corrected chi connectivity index (χ2v) is 9.20. The predicted molar refractivity (Wildman–Crippen MR) is 137 cm³/mol. The van der Waals surface area contributed by atoms with Gasteiger partial charge in [0, 0.05) is 44.0 Å². The van der Waals surface area contributed by atoms with Gasteiger partial charge >= 0.3 is 0 Å². The van der Waals surface area contributed by atoms with Crippen molar-refractivity contribution >= 4 is 29.1 Å². The van der Waals surface area contributed by atoms with Crippen molar-refractivity contribution in [3.05, 3.63) is 54.1 Å². The number of morpholine rings is 1. The average Bonchev–Trinajstić information content (AvgIpc) is 3.28. The molecule has 36 heavy (non-hydrogen) atoms. The van der Waals surface area contributed by atoms with Gasteiger partial charge in [-0.05, 0) is 61.9 Å². The molecule has 2 saturated heterocycles. The Morgan fingerprint density at radius 3 is 2.64 bits per heavy atom. The molecular formula is C27H34N4O5. The van der Waals surface area contributed by atoms with Gasteiger partial charge in [-0.1, -0.05) is 12.1 Å². The molecule has 1 atom stereocenters. The quantitative estimate of drug-likeness (QED) is 0.492. The molecule has 0 aromatic heterocycles. The van der Waals surface area contributed by atoms with Crippen LogP contribution < -0.4 is 20.3 Å². The first-order valence-corrected chi connectivity index (χ1v) is 12.5. The van der Waals surface area contributed by atoms with Gasteiger partial charge in [-0.15, -0.1) is 0 Å². The largest absolute Gasteiger partial charge is 0.484 e. The molecule has 2 fully saturated rings. The van der Waals surface area contributed by atoms with Crippen LogP contribution in [0.2, 0.25) is 0 Å². The van der Waals surface area contributed by atoms with Gasteiger partial charge in [0.15, 0.2) is 6.61 Å². The zero-order valence-corrected chi connectivity index (χ0v) is 20.7. The number of amides is 3. The number of hydrogen-bond donors (Lipinski definition) is 2. The van der Waals surface area contributed by atoms with Crippen LogP contribution >= 0.6 is 0 Å². The maximum atomic E-state index is 12.6. The first-order valence-electron chi connectivity index (χ1n) is 12.5. The van der Waals surface area contributed by atoms with Gasteiger partial charge in [-0.3, -0.25) is 19.3 Å². The summed E-state index contributed by atoms with van der Waals surface area (Å²) in [5.41, 5.74) is 2.49. The number of rotatable bonds is 10. The van der Waals surface area contributed by atoms with E-state index in [1.807, 2.05) is 31.2 Å². The highest BCUT2D eigenvalue weighted by Crippen LogP contribution is 2.27. The highest BCUT2D eigenvalue weighted by molar-refractivity contribution is 6.00. The lowest BCUT2D eigenvalue weighted by Crippen LogP contribution is -2.39. The first-order chi connectivity index (χ1) is 17.5. The van der Waals surface area contributed by atoms with E-state index in [1.165, 1.54) is 0 Å².